The van der Waals surface area contributed by atoms with Crippen molar-refractivity contribution >= 4 is 23.2 Å². The topological polar surface area (TPSA) is 88.7 Å². The molecule has 0 aromatic carbocycles. The van der Waals surface area contributed by atoms with Gasteiger partial charge in [-0.3, -0.25) is 4.68 Å². The van der Waals surface area contributed by atoms with Crippen molar-refractivity contribution in [2.75, 3.05) is 11.9 Å². The highest BCUT2D eigenvalue weighted by atomic mass is 35.5. The number of halogens is 1. The molecule has 2 saturated carbocycles. The lowest BCUT2D eigenvalue weighted by Crippen LogP contribution is -2.44. The van der Waals surface area contributed by atoms with Crippen LogP contribution < -0.4 is 10.1 Å². The quantitative estimate of drug-likeness (QED) is 0.762. The lowest BCUT2D eigenvalue weighted by molar-refractivity contribution is -0.0422. The van der Waals surface area contributed by atoms with Crippen LogP contribution in [0.5, 0.6) is 5.88 Å². The van der Waals surface area contributed by atoms with E-state index >= 15 is 0 Å². The van der Waals surface area contributed by atoms with Gasteiger partial charge >= 0.3 is 0 Å². The molecule has 0 unspecified atom stereocenters. The minimum atomic E-state index is -0.736. The Kier molecular flexibility index (Phi) is 4.70. The van der Waals surface area contributed by atoms with Gasteiger partial charge in [0, 0.05) is 0 Å². The van der Waals surface area contributed by atoms with E-state index in [1.807, 2.05) is 20.8 Å². The van der Waals surface area contributed by atoms with Crippen molar-refractivity contribution in [1.82, 2.24) is 19.7 Å². The van der Waals surface area contributed by atoms with Gasteiger partial charge in [-0.05, 0) is 57.8 Å². The monoisotopic (exact) mass is 400 g/mol. The van der Waals surface area contributed by atoms with Crippen molar-refractivity contribution in [3.8, 4) is 11.9 Å². The largest absolute Gasteiger partial charge is 0.476 e. The third-order valence-corrected chi connectivity index (χ3v) is 6.28. The van der Waals surface area contributed by atoms with Crippen LogP contribution in [0, 0.1) is 29.6 Å². The molecule has 28 heavy (non-hydrogen) atoms. The Labute approximate surface area is 170 Å². The van der Waals surface area contributed by atoms with Crippen LogP contribution in [0.2, 0.25) is 5.02 Å². The van der Waals surface area contributed by atoms with Crippen molar-refractivity contribution in [2.45, 2.75) is 58.4 Å². The predicted molar refractivity (Wildman–Crippen MR) is 107 cm³/mol. The van der Waals surface area contributed by atoms with Gasteiger partial charge in [-0.1, -0.05) is 18.0 Å². The summed E-state index contributed by atoms with van der Waals surface area (Å²) in [4.78, 5) is 8.66. The number of ether oxygens (including phenoxy) is 1. The van der Waals surface area contributed by atoms with E-state index in [2.05, 4.69) is 26.5 Å². The minimum Gasteiger partial charge on any atom is -0.476 e. The summed E-state index contributed by atoms with van der Waals surface area (Å²) in [7, 11) is 0. The van der Waals surface area contributed by atoms with Crippen LogP contribution >= 0.6 is 11.6 Å². The number of hydrogen-bond donors (Lipinski definition) is 1. The van der Waals surface area contributed by atoms with Crippen molar-refractivity contribution in [2.24, 2.45) is 11.3 Å². The Morgan fingerprint density at radius 2 is 2.18 bits per heavy atom. The number of nitriles is 1. The van der Waals surface area contributed by atoms with E-state index in [0.29, 0.717) is 34.8 Å². The van der Waals surface area contributed by atoms with Crippen LogP contribution in [0.15, 0.2) is 12.4 Å². The Balaban J connectivity index is 1.42. The summed E-state index contributed by atoms with van der Waals surface area (Å²) < 4.78 is 7.53. The standard InChI is InChI=1S/C20H25ClN6O/c1-13-16(10-27(26-13)19(2,3)12-22)24-18-23-9-15(21)17(25-18)28-11-14-7-20(8-14)5-4-6-20/h9-10,14H,4-8,11H2,1-3H3,(H,23,24,25). The Morgan fingerprint density at radius 3 is 2.82 bits per heavy atom. The second kappa shape index (κ2) is 6.93. The van der Waals surface area contributed by atoms with E-state index < -0.39 is 5.54 Å². The lowest BCUT2D eigenvalue weighted by Gasteiger charge is -2.54. The molecule has 2 aliphatic rings. The van der Waals surface area contributed by atoms with E-state index in [4.69, 9.17) is 16.3 Å². The fourth-order valence-corrected chi connectivity index (χ4v) is 4.26. The highest BCUT2D eigenvalue weighted by Crippen LogP contribution is 2.58. The maximum absolute atomic E-state index is 9.30. The van der Waals surface area contributed by atoms with Gasteiger partial charge < -0.3 is 10.1 Å². The highest BCUT2D eigenvalue weighted by molar-refractivity contribution is 6.31. The molecule has 2 aromatic heterocycles. The summed E-state index contributed by atoms with van der Waals surface area (Å²) in [5, 5.41) is 17.3. The molecule has 2 fully saturated rings. The van der Waals surface area contributed by atoms with E-state index in [9.17, 15) is 5.26 Å². The first kappa shape index (κ1) is 19.0. The Morgan fingerprint density at radius 1 is 1.43 bits per heavy atom. The number of hydrogen-bond acceptors (Lipinski definition) is 6. The molecular weight excluding hydrogens is 376 g/mol. The molecule has 148 valence electrons. The molecule has 0 atom stereocenters. The van der Waals surface area contributed by atoms with Crippen molar-refractivity contribution in [1.29, 1.82) is 5.26 Å². The molecule has 1 N–H and O–H groups in total. The Hall–Kier alpha value is -2.33. The van der Waals surface area contributed by atoms with Gasteiger partial charge in [0.2, 0.25) is 11.8 Å². The molecule has 0 radical (unpaired) electrons. The molecule has 1 spiro atoms. The Bertz CT molecular complexity index is 919. The van der Waals surface area contributed by atoms with Gasteiger partial charge in [-0.25, -0.2) is 4.98 Å². The maximum atomic E-state index is 9.30. The zero-order valence-corrected chi connectivity index (χ0v) is 17.3. The lowest BCUT2D eigenvalue weighted by atomic mass is 9.52. The molecule has 0 bridgehead atoms. The predicted octanol–water partition coefficient (Wildman–Crippen LogP) is 4.60. The summed E-state index contributed by atoms with van der Waals surface area (Å²) >= 11 is 6.22. The van der Waals surface area contributed by atoms with Crippen LogP contribution in [-0.2, 0) is 5.54 Å². The molecule has 4 rings (SSSR count). The van der Waals surface area contributed by atoms with Crippen LogP contribution in [0.3, 0.4) is 0 Å². The number of nitrogens with one attached hydrogen (secondary N) is 1. The first-order valence-electron chi connectivity index (χ1n) is 9.71. The van der Waals surface area contributed by atoms with E-state index in [1.54, 1.807) is 17.1 Å². The van der Waals surface area contributed by atoms with Crippen LogP contribution in [0.1, 0.15) is 51.6 Å². The average molecular weight is 401 g/mol. The van der Waals surface area contributed by atoms with Gasteiger partial charge in [0.15, 0.2) is 0 Å². The highest BCUT2D eigenvalue weighted by Gasteiger charge is 2.48. The first-order valence-corrected chi connectivity index (χ1v) is 10.1. The van der Waals surface area contributed by atoms with Gasteiger partial charge in [-0.2, -0.15) is 15.3 Å². The molecule has 0 amide bonds. The van der Waals surface area contributed by atoms with E-state index in [0.717, 1.165) is 11.4 Å². The molecule has 8 heteroatoms. The van der Waals surface area contributed by atoms with Crippen LogP contribution in [0.4, 0.5) is 11.6 Å². The average Bonchev–Trinajstić information content (AvgIpc) is 2.96. The van der Waals surface area contributed by atoms with Crippen LogP contribution in [0.25, 0.3) is 0 Å². The zero-order valence-electron chi connectivity index (χ0n) is 16.5. The van der Waals surface area contributed by atoms with Crippen molar-refractivity contribution < 1.29 is 4.74 Å². The number of rotatable bonds is 6. The summed E-state index contributed by atoms with van der Waals surface area (Å²) in [5.41, 5.74) is 1.39. The maximum Gasteiger partial charge on any atom is 0.237 e. The minimum absolute atomic E-state index is 0.390. The summed E-state index contributed by atoms with van der Waals surface area (Å²) in [6.45, 7) is 6.13. The zero-order chi connectivity index (χ0) is 19.9. The molecule has 0 aliphatic heterocycles. The van der Waals surface area contributed by atoms with Gasteiger partial charge in [-0.15, -0.1) is 0 Å². The number of aryl methyl sites for hydroxylation is 1. The fourth-order valence-electron chi connectivity index (χ4n) is 4.12. The van der Waals surface area contributed by atoms with Gasteiger partial charge in [0.1, 0.15) is 10.6 Å². The molecule has 7 nitrogen and oxygen atoms in total. The van der Waals surface area contributed by atoms with Crippen LogP contribution in [-0.4, -0.2) is 26.4 Å². The third kappa shape index (κ3) is 3.53. The molecule has 2 aromatic rings. The van der Waals surface area contributed by atoms with Gasteiger partial charge in [0.25, 0.3) is 0 Å². The molecule has 0 saturated heterocycles. The summed E-state index contributed by atoms with van der Waals surface area (Å²) in [6, 6.07) is 2.23. The molecular formula is C20H25ClN6O. The normalized spacial score (nSPS) is 18.2. The number of nitrogens with zero attached hydrogens (tertiary/aromatic N) is 5. The van der Waals surface area contributed by atoms with E-state index in [1.165, 1.54) is 32.1 Å². The van der Waals surface area contributed by atoms with Gasteiger partial charge in [0.05, 0.1) is 36.5 Å². The second-order valence-corrected chi connectivity index (χ2v) is 9.06. The molecule has 2 heterocycles. The van der Waals surface area contributed by atoms with Crippen molar-refractivity contribution in [3.63, 3.8) is 0 Å². The first-order chi connectivity index (χ1) is 13.3. The summed E-state index contributed by atoms with van der Waals surface area (Å²) in [6.07, 6.45) is 9.97. The fraction of sp³-hybridized carbons (Fsp3) is 0.600. The number of anilines is 2. The smallest absolute Gasteiger partial charge is 0.237 e. The SMILES string of the molecule is Cc1nn(C(C)(C)C#N)cc1Nc1ncc(Cl)c(OCC2CC3(CCC3)C2)n1. The molecule has 2 aliphatic carbocycles. The van der Waals surface area contributed by atoms with E-state index in [-0.39, 0.29) is 0 Å². The summed E-state index contributed by atoms with van der Waals surface area (Å²) in [5.74, 6) is 1.38. The third-order valence-electron chi connectivity index (χ3n) is 6.02. The second-order valence-electron chi connectivity index (χ2n) is 8.65. The van der Waals surface area contributed by atoms with Crippen molar-refractivity contribution in [3.05, 3.63) is 23.1 Å². The number of aromatic nitrogens is 4.